The lowest BCUT2D eigenvalue weighted by atomic mass is 9.60. The van der Waals surface area contributed by atoms with Crippen molar-refractivity contribution in [2.24, 2.45) is 23.2 Å². The third-order valence-electron chi connectivity index (χ3n) is 8.22. The van der Waals surface area contributed by atoms with E-state index in [1.807, 2.05) is 6.92 Å². The molecule has 31 heavy (non-hydrogen) atoms. The summed E-state index contributed by atoms with van der Waals surface area (Å²) in [5.41, 5.74) is 2.46. The number of hydrogen-bond donors (Lipinski definition) is 2. The molecule has 0 aromatic rings. The number of alkyl halides is 2. The highest BCUT2D eigenvalue weighted by atomic mass is 19.3. The van der Waals surface area contributed by atoms with Gasteiger partial charge in [-0.05, 0) is 94.0 Å². The van der Waals surface area contributed by atoms with Crippen molar-refractivity contribution < 1.29 is 19.0 Å². The summed E-state index contributed by atoms with van der Waals surface area (Å²) >= 11 is 0. The maximum atomic E-state index is 14.6. The van der Waals surface area contributed by atoms with Gasteiger partial charge in [0.2, 0.25) is 0 Å². The topological polar surface area (TPSA) is 40.5 Å². The Labute approximate surface area is 187 Å². The van der Waals surface area contributed by atoms with E-state index in [1.54, 1.807) is 0 Å². The number of halogens is 2. The Balaban J connectivity index is 1.74. The molecule has 4 heteroatoms. The molecule has 176 valence electrons. The monoisotopic (exact) mass is 436 g/mol. The summed E-state index contributed by atoms with van der Waals surface area (Å²) in [5, 5.41) is 19.9. The minimum Gasteiger partial charge on any atom is -0.393 e. The van der Waals surface area contributed by atoms with E-state index in [-0.39, 0.29) is 29.8 Å². The maximum Gasteiger partial charge on any atom is 0.251 e. The van der Waals surface area contributed by atoms with Crippen LogP contribution in [0.1, 0.15) is 91.9 Å². The highest BCUT2D eigenvalue weighted by Gasteiger charge is 2.52. The normalized spacial score (nSPS) is 36.1. The van der Waals surface area contributed by atoms with Crippen molar-refractivity contribution in [1.82, 2.24) is 0 Å². The zero-order chi connectivity index (χ0) is 23.0. The van der Waals surface area contributed by atoms with Crippen LogP contribution >= 0.6 is 0 Å². The Morgan fingerprint density at radius 1 is 1.19 bits per heavy atom. The largest absolute Gasteiger partial charge is 0.393 e. The number of aliphatic hydroxyl groups excluding tert-OH is 1. The summed E-state index contributed by atoms with van der Waals surface area (Å²) in [4.78, 5) is 0. The second-order valence-corrected chi connectivity index (χ2v) is 11.6. The van der Waals surface area contributed by atoms with Crippen molar-refractivity contribution in [2.45, 2.75) is 110 Å². The van der Waals surface area contributed by atoms with Crippen molar-refractivity contribution in [3.8, 4) is 0 Å². The van der Waals surface area contributed by atoms with Crippen LogP contribution in [0.25, 0.3) is 0 Å². The van der Waals surface area contributed by atoms with Crippen LogP contribution in [0.2, 0.25) is 0 Å². The second kappa shape index (κ2) is 9.09. The van der Waals surface area contributed by atoms with Gasteiger partial charge in [0.15, 0.2) is 0 Å². The van der Waals surface area contributed by atoms with Crippen LogP contribution < -0.4 is 0 Å². The molecular weight excluding hydrogens is 394 g/mol. The first-order valence-corrected chi connectivity index (χ1v) is 12.2. The van der Waals surface area contributed by atoms with Gasteiger partial charge >= 0.3 is 0 Å². The molecule has 3 fully saturated rings. The van der Waals surface area contributed by atoms with Crippen molar-refractivity contribution >= 4 is 0 Å². The Hall–Kier alpha value is -1.00. The molecule has 0 aliphatic heterocycles. The molecule has 3 rings (SSSR count). The molecule has 2 N–H and O–H groups in total. The lowest BCUT2D eigenvalue weighted by Crippen LogP contribution is -2.39. The zero-order valence-corrected chi connectivity index (χ0v) is 19.9. The highest BCUT2D eigenvalue weighted by molar-refractivity contribution is 5.36. The summed E-state index contributed by atoms with van der Waals surface area (Å²) in [5.74, 6) is -2.17. The Morgan fingerprint density at radius 3 is 2.58 bits per heavy atom. The van der Waals surface area contributed by atoms with Crippen LogP contribution in [0.3, 0.4) is 0 Å². The average molecular weight is 437 g/mol. The van der Waals surface area contributed by atoms with Crippen molar-refractivity contribution in [3.05, 3.63) is 35.5 Å². The summed E-state index contributed by atoms with van der Waals surface area (Å²) < 4.78 is 29.3. The molecule has 2 nitrogen and oxygen atoms in total. The quantitative estimate of drug-likeness (QED) is 0.471. The van der Waals surface area contributed by atoms with Gasteiger partial charge in [0, 0.05) is 12.8 Å². The van der Waals surface area contributed by atoms with Crippen LogP contribution in [0, 0.1) is 23.2 Å². The third kappa shape index (κ3) is 5.87. The summed E-state index contributed by atoms with van der Waals surface area (Å²) in [7, 11) is 0. The Morgan fingerprint density at radius 2 is 1.90 bits per heavy atom. The molecule has 5 atom stereocenters. The van der Waals surface area contributed by atoms with Gasteiger partial charge in [0.25, 0.3) is 5.92 Å². The summed E-state index contributed by atoms with van der Waals surface area (Å²) in [6, 6.07) is 0. The molecule has 3 aliphatic rings. The van der Waals surface area contributed by atoms with Crippen molar-refractivity contribution in [2.75, 3.05) is 0 Å². The van der Waals surface area contributed by atoms with Gasteiger partial charge < -0.3 is 10.2 Å². The first kappa shape index (κ1) is 24.6. The van der Waals surface area contributed by atoms with Crippen LogP contribution in [0.4, 0.5) is 8.78 Å². The van der Waals surface area contributed by atoms with Crippen LogP contribution in [-0.2, 0) is 0 Å². The molecule has 0 spiro atoms. The number of hydrogen-bond acceptors (Lipinski definition) is 2. The standard InChI is InChI=1S/C27H42F2O2/c1-18-8-11-22(30)15-21(18)10-9-20-7-6-14-26(5)23(12-13-24(20)26)19(2)16-27(28,29)17-25(3,4)31/h9-10,19,22-24,30-31H,1,6-8,11-17H2,2-5H3/b20-9?,21-10-/t19-,22+,23-,24?,26-/m1/s1. The Kier molecular flexibility index (Phi) is 7.23. The number of rotatable bonds is 6. The van der Waals surface area contributed by atoms with Gasteiger partial charge in [-0.15, -0.1) is 0 Å². The predicted octanol–water partition coefficient (Wildman–Crippen LogP) is 6.98. The van der Waals surface area contributed by atoms with Crippen molar-refractivity contribution in [1.29, 1.82) is 0 Å². The molecule has 0 aromatic carbocycles. The molecular formula is C27H42F2O2. The van der Waals surface area contributed by atoms with Gasteiger partial charge in [-0.3, -0.25) is 0 Å². The lowest BCUT2D eigenvalue weighted by molar-refractivity contribution is -0.0949. The molecule has 3 aliphatic carbocycles. The fourth-order valence-electron chi connectivity index (χ4n) is 6.93. The summed E-state index contributed by atoms with van der Waals surface area (Å²) in [6.07, 6.45) is 11.2. The average Bonchev–Trinajstić information content (AvgIpc) is 2.97. The maximum absolute atomic E-state index is 14.6. The van der Waals surface area contributed by atoms with Crippen LogP contribution in [0.15, 0.2) is 35.5 Å². The zero-order valence-electron chi connectivity index (χ0n) is 19.9. The fraction of sp³-hybridized carbons (Fsp3) is 0.778. The van der Waals surface area contributed by atoms with Crippen LogP contribution in [-0.4, -0.2) is 27.8 Å². The number of fused-ring (bicyclic) bond motifs is 1. The molecule has 1 unspecified atom stereocenters. The van der Waals surface area contributed by atoms with E-state index in [1.165, 1.54) is 19.4 Å². The highest BCUT2D eigenvalue weighted by Crippen LogP contribution is 2.60. The molecule has 0 radical (unpaired) electrons. The Bertz CT molecular complexity index is 730. The first-order chi connectivity index (χ1) is 14.3. The second-order valence-electron chi connectivity index (χ2n) is 11.6. The SMILES string of the molecule is C=C1CC[C@H](O)C/C1=C/C=C1CCC[C@@]2(C)C1CC[C@@H]2[C@H](C)CC(F)(F)CC(C)(C)O. The first-order valence-electron chi connectivity index (χ1n) is 12.2. The van der Waals surface area contributed by atoms with E-state index in [9.17, 15) is 19.0 Å². The smallest absolute Gasteiger partial charge is 0.251 e. The molecule has 0 aromatic heterocycles. The lowest BCUT2D eigenvalue weighted by Gasteiger charge is -2.45. The van der Waals surface area contributed by atoms with E-state index in [4.69, 9.17) is 0 Å². The third-order valence-corrected chi connectivity index (χ3v) is 8.22. The van der Waals surface area contributed by atoms with Gasteiger partial charge in [0.1, 0.15) is 0 Å². The van der Waals surface area contributed by atoms with Crippen molar-refractivity contribution in [3.63, 3.8) is 0 Å². The molecule has 3 saturated carbocycles. The molecule has 0 heterocycles. The van der Waals surface area contributed by atoms with Gasteiger partial charge in [-0.2, -0.15) is 0 Å². The molecule has 0 saturated heterocycles. The van der Waals surface area contributed by atoms with Gasteiger partial charge in [-0.25, -0.2) is 8.78 Å². The molecule has 0 amide bonds. The van der Waals surface area contributed by atoms with Crippen LogP contribution in [0.5, 0.6) is 0 Å². The summed E-state index contributed by atoms with van der Waals surface area (Å²) in [6.45, 7) is 11.4. The number of aliphatic hydroxyl groups is 2. The van der Waals surface area contributed by atoms with E-state index in [0.717, 1.165) is 56.1 Å². The fourth-order valence-corrected chi connectivity index (χ4v) is 6.93. The predicted molar refractivity (Wildman–Crippen MR) is 123 cm³/mol. The van der Waals surface area contributed by atoms with E-state index in [2.05, 4.69) is 25.7 Å². The van der Waals surface area contributed by atoms with Gasteiger partial charge in [-0.1, -0.05) is 43.7 Å². The molecule has 0 bridgehead atoms. The number of allylic oxidation sites excluding steroid dienone is 4. The van der Waals surface area contributed by atoms with E-state index < -0.39 is 17.9 Å². The minimum absolute atomic E-state index is 0.0654. The van der Waals surface area contributed by atoms with Gasteiger partial charge in [0.05, 0.1) is 11.7 Å². The van der Waals surface area contributed by atoms with E-state index >= 15 is 0 Å². The van der Waals surface area contributed by atoms with E-state index in [0.29, 0.717) is 12.3 Å². The minimum atomic E-state index is -2.84.